The van der Waals surface area contributed by atoms with Crippen molar-refractivity contribution >= 4 is 11.6 Å². The van der Waals surface area contributed by atoms with Gasteiger partial charge in [0.2, 0.25) is 5.91 Å². The highest BCUT2D eigenvalue weighted by molar-refractivity contribution is 5.93. The minimum atomic E-state index is -0.323. The van der Waals surface area contributed by atoms with Crippen LogP contribution in [0.2, 0.25) is 0 Å². The second kappa shape index (κ2) is 8.45. The highest BCUT2D eigenvalue weighted by atomic mass is 19.1. The molecule has 0 aliphatic rings. The Morgan fingerprint density at radius 3 is 2.00 bits per heavy atom. The second-order valence-corrected chi connectivity index (χ2v) is 6.11. The number of hydrogen-bond donors (Lipinski definition) is 0. The molecule has 0 radical (unpaired) electrons. The van der Waals surface area contributed by atoms with E-state index in [1.807, 2.05) is 12.1 Å². The summed E-state index contributed by atoms with van der Waals surface area (Å²) in [6.45, 7) is 2.02. The van der Waals surface area contributed by atoms with Gasteiger partial charge in [-0.15, -0.1) is 0 Å². The molecule has 0 atom stereocenters. The van der Waals surface area contributed by atoms with Gasteiger partial charge in [-0.25, -0.2) is 8.78 Å². The smallest absolute Gasteiger partial charge is 0.224 e. The molecule has 0 bridgehead atoms. The minimum absolute atomic E-state index is 0.155. The minimum Gasteiger partial charge on any atom is -0.487 e. The number of hydrogen-bond acceptors (Lipinski definition) is 2. The number of para-hydroxylation sites is 2. The number of amides is 1. The van der Waals surface area contributed by atoms with E-state index in [0.717, 1.165) is 11.1 Å². The maximum absolute atomic E-state index is 13.1. The topological polar surface area (TPSA) is 29.5 Å². The fourth-order valence-electron chi connectivity index (χ4n) is 2.68. The lowest BCUT2D eigenvalue weighted by molar-refractivity contribution is -0.116. The van der Waals surface area contributed by atoms with Gasteiger partial charge in [-0.2, -0.15) is 0 Å². The molecular formula is C22H19F2NO2. The van der Waals surface area contributed by atoms with Crippen LogP contribution < -0.4 is 9.64 Å². The van der Waals surface area contributed by atoms with Crippen LogP contribution in [0.15, 0.2) is 72.8 Å². The van der Waals surface area contributed by atoms with Gasteiger partial charge in [0, 0.05) is 6.92 Å². The van der Waals surface area contributed by atoms with Crippen LogP contribution in [-0.2, 0) is 17.9 Å². The van der Waals surface area contributed by atoms with Gasteiger partial charge in [0.25, 0.3) is 0 Å². The van der Waals surface area contributed by atoms with E-state index in [0.29, 0.717) is 18.0 Å². The summed E-state index contributed by atoms with van der Waals surface area (Å²) in [5.41, 5.74) is 2.25. The molecule has 0 spiro atoms. The Morgan fingerprint density at radius 2 is 1.41 bits per heavy atom. The number of benzene rings is 3. The van der Waals surface area contributed by atoms with Crippen molar-refractivity contribution in [1.82, 2.24) is 0 Å². The van der Waals surface area contributed by atoms with E-state index in [-0.39, 0.29) is 24.1 Å². The Bertz CT molecular complexity index is 908. The zero-order chi connectivity index (χ0) is 19.2. The predicted octanol–water partition coefficient (Wildman–Crippen LogP) is 5.10. The van der Waals surface area contributed by atoms with Crippen LogP contribution >= 0.6 is 0 Å². The van der Waals surface area contributed by atoms with E-state index in [1.165, 1.54) is 31.2 Å². The van der Waals surface area contributed by atoms with Crippen LogP contribution in [0, 0.1) is 11.6 Å². The Morgan fingerprint density at radius 1 is 0.852 bits per heavy atom. The van der Waals surface area contributed by atoms with Gasteiger partial charge in [-0.05, 0) is 47.5 Å². The molecular weight excluding hydrogens is 348 g/mol. The van der Waals surface area contributed by atoms with Crippen molar-refractivity contribution in [3.05, 3.63) is 95.6 Å². The number of anilines is 1. The molecule has 3 nitrogen and oxygen atoms in total. The number of rotatable bonds is 6. The molecule has 3 rings (SSSR count). The monoisotopic (exact) mass is 367 g/mol. The summed E-state index contributed by atoms with van der Waals surface area (Å²) >= 11 is 0. The van der Waals surface area contributed by atoms with Crippen LogP contribution in [0.25, 0.3) is 0 Å². The molecule has 27 heavy (non-hydrogen) atoms. The van der Waals surface area contributed by atoms with Gasteiger partial charge in [-0.3, -0.25) is 4.79 Å². The van der Waals surface area contributed by atoms with Gasteiger partial charge in [-0.1, -0.05) is 36.4 Å². The molecule has 3 aromatic carbocycles. The molecule has 0 unspecified atom stereocenters. The first kappa shape index (κ1) is 18.6. The van der Waals surface area contributed by atoms with Crippen molar-refractivity contribution in [2.45, 2.75) is 20.1 Å². The molecule has 0 aliphatic carbocycles. The third-order valence-corrected chi connectivity index (χ3v) is 4.10. The quantitative estimate of drug-likeness (QED) is 0.607. The Labute approximate surface area is 156 Å². The fraction of sp³-hybridized carbons (Fsp3) is 0.136. The molecule has 0 saturated heterocycles. The fourth-order valence-corrected chi connectivity index (χ4v) is 2.68. The zero-order valence-corrected chi connectivity index (χ0v) is 14.9. The first-order valence-electron chi connectivity index (χ1n) is 8.52. The number of ether oxygens (including phenoxy) is 1. The normalized spacial score (nSPS) is 10.5. The molecule has 0 N–H and O–H groups in total. The standard InChI is InChI=1S/C22H19F2NO2/c1-16(26)25(14-17-6-10-19(23)11-7-17)21-4-2-3-5-22(21)27-15-18-8-12-20(24)13-9-18/h2-13H,14-15H2,1H3. The first-order valence-corrected chi connectivity index (χ1v) is 8.52. The molecule has 0 heterocycles. The van der Waals surface area contributed by atoms with Crippen molar-refractivity contribution in [2.24, 2.45) is 0 Å². The first-order chi connectivity index (χ1) is 13.0. The highest BCUT2D eigenvalue weighted by Crippen LogP contribution is 2.30. The summed E-state index contributed by atoms with van der Waals surface area (Å²) in [6.07, 6.45) is 0. The van der Waals surface area contributed by atoms with Crippen LogP contribution in [0.4, 0.5) is 14.5 Å². The van der Waals surface area contributed by atoms with Gasteiger partial charge in [0.05, 0.1) is 12.2 Å². The highest BCUT2D eigenvalue weighted by Gasteiger charge is 2.17. The average molecular weight is 367 g/mol. The van der Waals surface area contributed by atoms with Crippen LogP contribution in [0.3, 0.4) is 0 Å². The summed E-state index contributed by atoms with van der Waals surface area (Å²) in [4.78, 5) is 13.8. The van der Waals surface area contributed by atoms with E-state index in [4.69, 9.17) is 4.74 Å². The molecule has 0 saturated carbocycles. The third kappa shape index (κ3) is 4.91. The molecule has 0 aromatic heterocycles. The second-order valence-electron chi connectivity index (χ2n) is 6.11. The van der Waals surface area contributed by atoms with E-state index in [2.05, 4.69) is 0 Å². The SMILES string of the molecule is CC(=O)N(Cc1ccc(F)cc1)c1ccccc1OCc1ccc(F)cc1. The lowest BCUT2D eigenvalue weighted by Gasteiger charge is -2.24. The summed E-state index contributed by atoms with van der Waals surface area (Å²) < 4.78 is 32.0. The van der Waals surface area contributed by atoms with E-state index < -0.39 is 0 Å². The summed E-state index contributed by atoms with van der Waals surface area (Å²) in [5.74, 6) is -0.242. The Hall–Kier alpha value is -3.21. The van der Waals surface area contributed by atoms with Crippen molar-refractivity contribution < 1.29 is 18.3 Å². The van der Waals surface area contributed by atoms with Gasteiger partial charge in [0.1, 0.15) is 24.0 Å². The van der Waals surface area contributed by atoms with Crippen LogP contribution in [0.5, 0.6) is 5.75 Å². The predicted molar refractivity (Wildman–Crippen MR) is 100 cm³/mol. The van der Waals surface area contributed by atoms with Crippen LogP contribution in [-0.4, -0.2) is 5.91 Å². The van der Waals surface area contributed by atoms with E-state index in [9.17, 15) is 13.6 Å². The molecule has 0 aliphatic heterocycles. The zero-order valence-electron chi connectivity index (χ0n) is 14.9. The van der Waals surface area contributed by atoms with Gasteiger partial charge < -0.3 is 9.64 Å². The molecule has 5 heteroatoms. The van der Waals surface area contributed by atoms with Gasteiger partial charge >= 0.3 is 0 Å². The van der Waals surface area contributed by atoms with E-state index in [1.54, 1.807) is 41.3 Å². The third-order valence-electron chi connectivity index (χ3n) is 4.10. The summed E-state index contributed by atoms with van der Waals surface area (Å²) in [5, 5.41) is 0. The van der Waals surface area contributed by atoms with E-state index >= 15 is 0 Å². The number of carbonyl (C=O) groups is 1. The Balaban J connectivity index is 1.81. The molecule has 138 valence electrons. The van der Waals surface area contributed by atoms with Crippen molar-refractivity contribution in [2.75, 3.05) is 4.90 Å². The van der Waals surface area contributed by atoms with Crippen molar-refractivity contribution in [3.8, 4) is 5.75 Å². The maximum Gasteiger partial charge on any atom is 0.224 e. The number of carbonyl (C=O) groups excluding carboxylic acids is 1. The van der Waals surface area contributed by atoms with Crippen LogP contribution in [0.1, 0.15) is 18.1 Å². The van der Waals surface area contributed by atoms with Crippen molar-refractivity contribution in [3.63, 3.8) is 0 Å². The Kier molecular flexibility index (Phi) is 5.81. The van der Waals surface area contributed by atoms with Crippen molar-refractivity contribution in [1.29, 1.82) is 0 Å². The molecule has 3 aromatic rings. The summed E-state index contributed by atoms with van der Waals surface area (Å²) in [6, 6.07) is 19.3. The molecule has 0 fully saturated rings. The lowest BCUT2D eigenvalue weighted by Crippen LogP contribution is -2.28. The van der Waals surface area contributed by atoms with Gasteiger partial charge in [0.15, 0.2) is 0 Å². The average Bonchev–Trinajstić information content (AvgIpc) is 2.67. The number of nitrogens with zero attached hydrogens (tertiary/aromatic N) is 1. The largest absolute Gasteiger partial charge is 0.487 e. The number of halogens is 2. The summed E-state index contributed by atoms with van der Waals surface area (Å²) in [7, 11) is 0. The molecule has 1 amide bonds. The lowest BCUT2D eigenvalue weighted by atomic mass is 10.2. The maximum atomic E-state index is 13.1.